The van der Waals surface area contributed by atoms with Gasteiger partial charge in [0.25, 0.3) is 0 Å². The quantitative estimate of drug-likeness (QED) is 0.829. The van der Waals surface area contributed by atoms with E-state index >= 15 is 0 Å². The van der Waals surface area contributed by atoms with E-state index in [4.69, 9.17) is 9.47 Å². The van der Waals surface area contributed by atoms with Gasteiger partial charge in [-0.15, -0.1) is 0 Å². The van der Waals surface area contributed by atoms with E-state index in [-0.39, 0.29) is 11.7 Å². The third-order valence-corrected chi connectivity index (χ3v) is 5.52. The highest BCUT2D eigenvalue weighted by Crippen LogP contribution is 2.30. The topological polar surface area (TPSA) is 21.7 Å². The summed E-state index contributed by atoms with van der Waals surface area (Å²) in [4.78, 5) is 2.59. The summed E-state index contributed by atoms with van der Waals surface area (Å²) in [7, 11) is 0. The SMILES string of the molecule is Cc1cc(C(C)(C)C)cc(C)c1CN1CCCC(C2OCCO2)C1. The lowest BCUT2D eigenvalue weighted by Crippen LogP contribution is -2.40. The first-order chi connectivity index (χ1) is 11.3. The highest BCUT2D eigenvalue weighted by Gasteiger charge is 2.31. The first-order valence-electron chi connectivity index (χ1n) is 9.41. The van der Waals surface area contributed by atoms with Crippen LogP contribution in [-0.4, -0.2) is 37.5 Å². The fraction of sp³-hybridized carbons (Fsp3) is 0.714. The molecule has 24 heavy (non-hydrogen) atoms. The van der Waals surface area contributed by atoms with Crippen LogP contribution >= 0.6 is 0 Å². The summed E-state index contributed by atoms with van der Waals surface area (Å²) in [6.07, 6.45) is 2.49. The maximum absolute atomic E-state index is 5.74. The van der Waals surface area contributed by atoms with Crippen molar-refractivity contribution in [2.45, 2.75) is 65.7 Å². The molecule has 3 heteroatoms. The van der Waals surface area contributed by atoms with Crippen molar-refractivity contribution in [3.63, 3.8) is 0 Å². The number of ether oxygens (including phenoxy) is 2. The van der Waals surface area contributed by atoms with Crippen LogP contribution in [0.4, 0.5) is 0 Å². The predicted octanol–water partition coefficient (Wildman–Crippen LogP) is 4.19. The average Bonchev–Trinajstić information content (AvgIpc) is 3.04. The average molecular weight is 332 g/mol. The molecule has 134 valence electrons. The van der Waals surface area contributed by atoms with Crippen LogP contribution in [0.1, 0.15) is 55.9 Å². The molecule has 0 radical (unpaired) electrons. The van der Waals surface area contributed by atoms with Crippen molar-refractivity contribution in [1.82, 2.24) is 4.90 Å². The lowest BCUT2D eigenvalue weighted by atomic mass is 9.83. The highest BCUT2D eigenvalue weighted by atomic mass is 16.7. The lowest BCUT2D eigenvalue weighted by molar-refractivity contribution is -0.101. The van der Waals surface area contributed by atoms with E-state index in [0.29, 0.717) is 5.92 Å². The molecule has 0 spiro atoms. The molecule has 2 saturated heterocycles. The minimum Gasteiger partial charge on any atom is -0.350 e. The van der Waals surface area contributed by atoms with Gasteiger partial charge in [-0.25, -0.2) is 0 Å². The Hall–Kier alpha value is -0.900. The first kappa shape index (κ1) is 17.9. The van der Waals surface area contributed by atoms with Crippen molar-refractivity contribution in [2.24, 2.45) is 5.92 Å². The van der Waals surface area contributed by atoms with Crippen molar-refractivity contribution in [3.05, 3.63) is 34.4 Å². The van der Waals surface area contributed by atoms with Crippen LogP contribution in [0, 0.1) is 19.8 Å². The molecule has 2 aliphatic rings. The van der Waals surface area contributed by atoms with E-state index in [2.05, 4.69) is 51.7 Å². The maximum atomic E-state index is 5.74. The Labute approximate surface area is 147 Å². The van der Waals surface area contributed by atoms with Crippen molar-refractivity contribution >= 4 is 0 Å². The molecule has 3 nitrogen and oxygen atoms in total. The molecule has 2 heterocycles. The van der Waals surface area contributed by atoms with Crippen molar-refractivity contribution in [2.75, 3.05) is 26.3 Å². The second-order valence-corrected chi connectivity index (χ2v) is 8.59. The Kier molecular flexibility index (Phi) is 5.33. The van der Waals surface area contributed by atoms with Crippen LogP contribution in [0.15, 0.2) is 12.1 Å². The van der Waals surface area contributed by atoms with Gasteiger partial charge in [-0.2, -0.15) is 0 Å². The van der Waals surface area contributed by atoms with Crippen LogP contribution in [0.25, 0.3) is 0 Å². The lowest BCUT2D eigenvalue weighted by Gasteiger charge is -2.35. The van der Waals surface area contributed by atoms with E-state index in [1.165, 1.54) is 41.6 Å². The van der Waals surface area contributed by atoms with Gasteiger partial charge >= 0.3 is 0 Å². The van der Waals surface area contributed by atoms with Crippen molar-refractivity contribution in [1.29, 1.82) is 0 Å². The number of benzene rings is 1. The molecular weight excluding hydrogens is 298 g/mol. The molecule has 2 aliphatic heterocycles. The van der Waals surface area contributed by atoms with Crippen LogP contribution < -0.4 is 0 Å². The molecule has 1 aromatic rings. The largest absolute Gasteiger partial charge is 0.350 e. The van der Waals surface area contributed by atoms with E-state index in [1.54, 1.807) is 0 Å². The molecule has 0 bridgehead atoms. The van der Waals surface area contributed by atoms with E-state index in [9.17, 15) is 0 Å². The second kappa shape index (κ2) is 7.15. The molecule has 0 aromatic heterocycles. The molecule has 1 atom stereocenters. The van der Waals surface area contributed by atoms with E-state index < -0.39 is 0 Å². The summed E-state index contributed by atoms with van der Waals surface area (Å²) < 4.78 is 11.5. The molecule has 1 aromatic carbocycles. The number of rotatable bonds is 3. The Morgan fingerprint density at radius 3 is 2.29 bits per heavy atom. The molecule has 1 unspecified atom stereocenters. The zero-order chi connectivity index (χ0) is 17.3. The third kappa shape index (κ3) is 4.01. The molecule has 0 saturated carbocycles. The zero-order valence-corrected chi connectivity index (χ0v) is 16.0. The Balaban J connectivity index is 1.71. The molecule has 2 fully saturated rings. The third-order valence-electron chi connectivity index (χ3n) is 5.52. The van der Waals surface area contributed by atoms with Crippen molar-refractivity contribution < 1.29 is 9.47 Å². The normalized spacial score (nSPS) is 23.8. The van der Waals surface area contributed by atoms with Crippen LogP contribution in [-0.2, 0) is 21.4 Å². The summed E-state index contributed by atoms with van der Waals surface area (Å²) >= 11 is 0. The first-order valence-corrected chi connectivity index (χ1v) is 9.41. The summed E-state index contributed by atoms with van der Waals surface area (Å²) in [5.41, 5.74) is 6.00. The second-order valence-electron chi connectivity index (χ2n) is 8.59. The number of piperidine rings is 1. The monoisotopic (exact) mass is 331 g/mol. The number of aryl methyl sites for hydroxylation is 2. The summed E-state index contributed by atoms with van der Waals surface area (Å²) in [6.45, 7) is 16.2. The number of nitrogens with zero attached hydrogens (tertiary/aromatic N) is 1. The minimum atomic E-state index is 0.0262. The Bertz CT molecular complexity index is 547. The zero-order valence-electron chi connectivity index (χ0n) is 16.0. The van der Waals surface area contributed by atoms with Gasteiger partial charge in [0.2, 0.25) is 0 Å². The fourth-order valence-corrected chi connectivity index (χ4v) is 4.01. The Morgan fingerprint density at radius 1 is 1.08 bits per heavy atom. The summed E-state index contributed by atoms with van der Waals surface area (Å²) in [5.74, 6) is 0.524. The maximum Gasteiger partial charge on any atom is 0.161 e. The smallest absolute Gasteiger partial charge is 0.161 e. The molecule has 0 amide bonds. The standard InChI is InChI=1S/C21H33NO2/c1-15-11-18(21(3,4)5)12-16(2)19(15)14-22-8-6-7-17(13-22)20-23-9-10-24-20/h11-12,17,20H,6-10,13-14H2,1-5H3. The van der Waals surface area contributed by atoms with Crippen molar-refractivity contribution in [3.8, 4) is 0 Å². The number of hydrogen-bond acceptors (Lipinski definition) is 3. The molecule has 0 N–H and O–H groups in total. The van der Waals surface area contributed by atoms with Gasteiger partial charge in [-0.3, -0.25) is 4.90 Å². The van der Waals surface area contributed by atoms with Crippen LogP contribution in [0.5, 0.6) is 0 Å². The van der Waals surface area contributed by atoms with Gasteiger partial charge in [0.15, 0.2) is 6.29 Å². The fourth-order valence-electron chi connectivity index (χ4n) is 4.01. The van der Waals surface area contributed by atoms with Gasteiger partial charge in [0.05, 0.1) is 13.2 Å². The molecule has 3 rings (SSSR count). The number of likely N-dealkylation sites (tertiary alicyclic amines) is 1. The van der Waals surface area contributed by atoms with Gasteiger partial charge in [-0.1, -0.05) is 32.9 Å². The summed E-state index contributed by atoms with van der Waals surface area (Å²) in [6, 6.07) is 4.76. The number of hydrogen-bond donors (Lipinski definition) is 0. The van der Waals surface area contributed by atoms with Gasteiger partial charge in [0.1, 0.15) is 0 Å². The van der Waals surface area contributed by atoms with E-state index in [0.717, 1.165) is 26.3 Å². The molecule has 0 aliphatic carbocycles. The minimum absolute atomic E-state index is 0.0262. The van der Waals surface area contributed by atoms with E-state index in [1.807, 2.05) is 0 Å². The predicted molar refractivity (Wildman–Crippen MR) is 98.3 cm³/mol. The van der Waals surface area contributed by atoms with Crippen LogP contribution in [0.3, 0.4) is 0 Å². The highest BCUT2D eigenvalue weighted by molar-refractivity contribution is 5.40. The Morgan fingerprint density at radius 2 is 1.71 bits per heavy atom. The summed E-state index contributed by atoms with van der Waals surface area (Å²) in [5, 5.41) is 0. The molecular formula is C21H33NO2. The van der Waals surface area contributed by atoms with Gasteiger partial charge < -0.3 is 9.47 Å². The van der Waals surface area contributed by atoms with Crippen LogP contribution in [0.2, 0.25) is 0 Å². The van der Waals surface area contributed by atoms with Gasteiger partial charge in [-0.05, 0) is 60.9 Å². The van der Waals surface area contributed by atoms with Gasteiger partial charge in [0, 0.05) is 19.0 Å².